The third-order valence-corrected chi connectivity index (χ3v) is 9.13. The summed E-state index contributed by atoms with van der Waals surface area (Å²) in [5.74, 6) is 1.02. The molecule has 1 atom stereocenters. The number of aryl methyl sites for hydroxylation is 2. The summed E-state index contributed by atoms with van der Waals surface area (Å²) in [4.78, 5) is 5.06. The molecule has 2 aromatic carbocycles. The number of aromatic nitrogens is 5. The fourth-order valence-electron chi connectivity index (χ4n) is 6.24. The molecule has 0 spiro atoms. The number of ether oxygens (including phenoxy) is 3. The largest absolute Gasteiger partial charge is 0.493 e. The molecule has 0 bridgehead atoms. The van der Waals surface area contributed by atoms with Crippen molar-refractivity contribution >= 4 is 31.8 Å². The van der Waals surface area contributed by atoms with Crippen molar-refractivity contribution in [2.24, 2.45) is 13.0 Å². The standard InChI is InChI=1S/C30H33N5O5S/c1-18-27(34(2)33-32-18)21-15-22-26(31-17-21)25-24(41(5,36)37)16-23(38-3)30(39-4)29(25)35(22)28(19-9-7-6-8-10-19)20-11-13-40-14-12-20/h6-10,15-17,20,28H,11-14H2,1-5H3/t28-/m1/s1. The van der Waals surface area contributed by atoms with E-state index in [0.29, 0.717) is 41.1 Å². The summed E-state index contributed by atoms with van der Waals surface area (Å²) in [6, 6.07) is 13.7. The van der Waals surface area contributed by atoms with E-state index in [1.54, 1.807) is 18.0 Å². The van der Waals surface area contributed by atoms with Crippen molar-refractivity contribution in [3.05, 3.63) is 59.9 Å². The topological polar surface area (TPSA) is 110 Å². The lowest BCUT2D eigenvalue weighted by molar-refractivity contribution is 0.0552. The van der Waals surface area contributed by atoms with Crippen molar-refractivity contribution in [3.8, 4) is 22.8 Å². The number of hydrogen-bond acceptors (Lipinski definition) is 8. The Bertz CT molecular complexity index is 1840. The molecule has 5 aromatic rings. The van der Waals surface area contributed by atoms with Crippen molar-refractivity contribution < 1.29 is 22.6 Å². The van der Waals surface area contributed by atoms with Gasteiger partial charge in [0.15, 0.2) is 21.3 Å². The van der Waals surface area contributed by atoms with Crippen LogP contribution in [0.1, 0.15) is 30.1 Å². The normalized spacial score (nSPS) is 15.4. The second kappa shape index (κ2) is 10.5. The van der Waals surface area contributed by atoms with Crippen LogP contribution in [0.3, 0.4) is 0 Å². The number of rotatable bonds is 7. The predicted molar refractivity (Wildman–Crippen MR) is 156 cm³/mol. The fourth-order valence-corrected chi connectivity index (χ4v) is 7.13. The Morgan fingerprint density at radius 2 is 1.80 bits per heavy atom. The van der Waals surface area contributed by atoms with Gasteiger partial charge in [0.05, 0.1) is 53.1 Å². The number of fused-ring (bicyclic) bond motifs is 3. The Balaban J connectivity index is 1.82. The van der Waals surface area contributed by atoms with Gasteiger partial charge in [-0.05, 0) is 37.3 Å². The van der Waals surface area contributed by atoms with E-state index in [-0.39, 0.29) is 16.9 Å². The second-order valence-corrected chi connectivity index (χ2v) is 12.5. The van der Waals surface area contributed by atoms with E-state index in [1.807, 2.05) is 32.2 Å². The lowest BCUT2D eigenvalue weighted by atomic mass is 9.86. The average molecular weight is 576 g/mol. The summed E-state index contributed by atoms with van der Waals surface area (Å²) in [7, 11) is 1.26. The molecule has 0 saturated carbocycles. The molecule has 41 heavy (non-hydrogen) atoms. The maximum absolute atomic E-state index is 13.3. The van der Waals surface area contributed by atoms with Crippen LogP contribution in [0.4, 0.5) is 0 Å². The van der Waals surface area contributed by atoms with Gasteiger partial charge in [0.1, 0.15) is 0 Å². The first-order valence-corrected chi connectivity index (χ1v) is 15.4. The fraction of sp³-hybridized carbons (Fsp3) is 0.367. The molecule has 1 saturated heterocycles. The van der Waals surface area contributed by atoms with Crippen molar-refractivity contribution in [1.29, 1.82) is 0 Å². The van der Waals surface area contributed by atoms with Crippen molar-refractivity contribution in [2.75, 3.05) is 33.7 Å². The highest BCUT2D eigenvalue weighted by Crippen LogP contribution is 2.48. The molecular formula is C30H33N5O5S. The van der Waals surface area contributed by atoms with E-state index in [4.69, 9.17) is 19.2 Å². The lowest BCUT2D eigenvalue weighted by Gasteiger charge is -2.33. The Kier molecular flexibility index (Phi) is 6.95. The number of sulfone groups is 1. The third-order valence-electron chi connectivity index (χ3n) is 8.01. The zero-order chi connectivity index (χ0) is 28.9. The molecule has 0 aliphatic carbocycles. The molecule has 6 rings (SSSR count). The molecule has 0 N–H and O–H groups in total. The molecule has 1 aliphatic rings. The van der Waals surface area contributed by atoms with Crippen molar-refractivity contribution in [3.63, 3.8) is 0 Å². The van der Waals surface area contributed by atoms with Crippen LogP contribution in [-0.4, -0.2) is 66.7 Å². The summed E-state index contributed by atoms with van der Waals surface area (Å²) < 4.78 is 48.0. The smallest absolute Gasteiger partial charge is 0.185 e. The maximum Gasteiger partial charge on any atom is 0.185 e. The number of hydrogen-bond donors (Lipinski definition) is 0. The Labute approximate surface area is 238 Å². The Morgan fingerprint density at radius 1 is 1.07 bits per heavy atom. The van der Waals surface area contributed by atoms with E-state index in [9.17, 15) is 8.42 Å². The van der Waals surface area contributed by atoms with Crippen molar-refractivity contribution in [2.45, 2.75) is 30.7 Å². The number of pyridine rings is 1. The van der Waals surface area contributed by atoms with Gasteiger partial charge in [-0.25, -0.2) is 13.1 Å². The van der Waals surface area contributed by atoms with E-state index in [2.05, 4.69) is 33.1 Å². The summed E-state index contributed by atoms with van der Waals surface area (Å²) >= 11 is 0. The van der Waals surface area contributed by atoms with E-state index < -0.39 is 9.84 Å². The third kappa shape index (κ3) is 4.53. The number of methoxy groups -OCH3 is 2. The molecule has 4 heterocycles. The van der Waals surface area contributed by atoms with Crippen LogP contribution >= 0.6 is 0 Å². The Morgan fingerprint density at radius 3 is 2.41 bits per heavy atom. The highest BCUT2D eigenvalue weighted by molar-refractivity contribution is 7.91. The molecule has 10 nitrogen and oxygen atoms in total. The number of nitrogens with zero attached hydrogens (tertiary/aromatic N) is 5. The molecule has 214 valence electrons. The van der Waals surface area contributed by atoms with Gasteiger partial charge in [-0.1, -0.05) is 35.5 Å². The first kappa shape index (κ1) is 27.2. The molecule has 0 unspecified atom stereocenters. The van der Waals surface area contributed by atoms with Crippen LogP contribution in [0.15, 0.2) is 53.6 Å². The zero-order valence-electron chi connectivity index (χ0n) is 23.8. The molecule has 0 amide bonds. The Hall–Kier alpha value is -3.96. The summed E-state index contributed by atoms with van der Waals surface area (Å²) in [5.41, 5.74) is 5.54. The van der Waals surface area contributed by atoms with E-state index >= 15 is 0 Å². The monoisotopic (exact) mass is 575 g/mol. The van der Waals surface area contributed by atoms with Gasteiger partial charge < -0.3 is 18.8 Å². The highest BCUT2D eigenvalue weighted by Gasteiger charge is 2.34. The van der Waals surface area contributed by atoms with Crippen molar-refractivity contribution in [1.82, 2.24) is 24.5 Å². The minimum Gasteiger partial charge on any atom is -0.493 e. The van der Waals surface area contributed by atoms with Crippen LogP contribution in [-0.2, 0) is 21.6 Å². The van der Waals surface area contributed by atoms with E-state index in [1.165, 1.54) is 19.4 Å². The van der Waals surface area contributed by atoms with Gasteiger partial charge >= 0.3 is 0 Å². The average Bonchev–Trinajstić information content (AvgIpc) is 3.48. The molecule has 1 aliphatic heterocycles. The van der Waals surface area contributed by atoms with E-state index in [0.717, 1.165) is 40.9 Å². The number of benzene rings is 2. The minimum absolute atomic E-state index is 0.145. The van der Waals surface area contributed by atoms with Gasteiger partial charge in [-0.15, -0.1) is 5.10 Å². The van der Waals surface area contributed by atoms with Gasteiger partial charge in [-0.3, -0.25) is 4.98 Å². The first-order valence-electron chi connectivity index (χ1n) is 13.5. The van der Waals surface area contributed by atoms with Gasteiger partial charge in [0.25, 0.3) is 0 Å². The van der Waals surface area contributed by atoms with Crippen LogP contribution < -0.4 is 9.47 Å². The summed E-state index contributed by atoms with van der Waals surface area (Å²) in [5, 5.41) is 8.95. The lowest BCUT2D eigenvalue weighted by Crippen LogP contribution is -2.27. The minimum atomic E-state index is -3.68. The quantitative estimate of drug-likeness (QED) is 0.274. The molecular weight excluding hydrogens is 542 g/mol. The van der Waals surface area contributed by atoms with Crippen LogP contribution in [0, 0.1) is 12.8 Å². The first-order chi connectivity index (χ1) is 19.7. The molecule has 11 heteroatoms. The summed E-state index contributed by atoms with van der Waals surface area (Å²) in [6.45, 7) is 3.22. The van der Waals surface area contributed by atoms with Crippen LogP contribution in [0.25, 0.3) is 33.2 Å². The molecule has 3 aromatic heterocycles. The van der Waals surface area contributed by atoms with Crippen LogP contribution in [0.2, 0.25) is 0 Å². The SMILES string of the molecule is COc1cc(S(C)(=O)=O)c2c3ncc(-c4c(C)nnn4C)cc3n([C@H](c3ccccc3)C3CCOCC3)c2c1OC. The molecule has 0 radical (unpaired) electrons. The second-order valence-electron chi connectivity index (χ2n) is 10.5. The van der Waals surface area contributed by atoms with Gasteiger partial charge in [0.2, 0.25) is 0 Å². The van der Waals surface area contributed by atoms with Crippen LogP contribution in [0.5, 0.6) is 11.5 Å². The predicted octanol–water partition coefficient (Wildman–Crippen LogP) is 4.73. The van der Waals surface area contributed by atoms with Gasteiger partial charge in [-0.2, -0.15) is 0 Å². The molecule has 1 fully saturated rings. The zero-order valence-corrected chi connectivity index (χ0v) is 24.6. The maximum atomic E-state index is 13.3. The summed E-state index contributed by atoms with van der Waals surface area (Å²) in [6.07, 6.45) is 4.67. The van der Waals surface area contributed by atoms with Gasteiger partial charge in [0, 0.05) is 49.7 Å². The highest BCUT2D eigenvalue weighted by atomic mass is 32.2.